The molecule has 0 saturated heterocycles. The lowest BCUT2D eigenvalue weighted by atomic mass is 9.98. The van der Waals surface area contributed by atoms with Crippen molar-refractivity contribution >= 4 is 17.7 Å². The van der Waals surface area contributed by atoms with E-state index in [1.54, 1.807) is 19.1 Å². The normalized spacial score (nSPS) is 14.5. The summed E-state index contributed by atoms with van der Waals surface area (Å²) < 4.78 is 5.43. The lowest BCUT2D eigenvalue weighted by Gasteiger charge is -2.20. The summed E-state index contributed by atoms with van der Waals surface area (Å²) in [7, 11) is 0. The van der Waals surface area contributed by atoms with E-state index in [-0.39, 0.29) is 24.2 Å². The van der Waals surface area contributed by atoms with Crippen molar-refractivity contribution < 1.29 is 19.7 Å². The molecule has 6 nitrogen and oxygen atoms in total. The highest BCUT2D eigenvalue weighted by Crippen LogP contribution is 2.44. The lowest BCUT2D eigenvalue weighted by Crippen LogP contribution is -2.36. The van der Waals surface area contributed by atoms with Crippen LogP contribution in [0, 0.1) is 6.92 Å². The Labute approximate surface area is 185 Å². The predicted octanol–water partition coefficient (Wildman–Crippen LogP) is 3.98. The highest BCUT2D eigenvalue weighted by atomic mass is 35.5. The maximum atomic E-state index is 12.2. The van der Waals surface area contributed by atoms with Gasteiger partial charge < -0.3 is 20.3 Å². The van der Waals surface area contributed by atoms with Crippen LogP contribution in [-0.4, -0.2) is 40.5 Å². The zero-order valence-corrected chi connectivity index (χ0v) is 17.7. The zero-order valence-electron chi connectivity index (χ0n) is 17.0. The third kappa shape index (κ3) is 4.42. The average molecular weight is 439 g/mol. The number of carbonyl (C=O) groups is 1. The maximum Gasteiger partial charge on any atom is 0.407 e. The molecule has 0 aliphatic heterocycles. The molecule has 160 valence electrons. The average Bonchev–Trinajstić information content (AvgIpc) is 3.09. The minimum absolute atomic E-state index is 0.0499. The molecule has 0 saturated carbocycles. The second kappa shape index (κ2) is 9.06. The van der Waals surface area contributed by atoms with E-state index >= 15 is 0 Å². The Morgan fingerprint density at radius 3 is 2.29 bits per heavy atom. The first-order chi connectivity index (χ1) is 15.0. The van der Waals surface area contributed by atoms with Gasteiger partial charge in [-0.05, 0) is 35.2 Å². The van der Waals surface area contributed by atoms with E-state index in [1.165, 1.54) is 0 Å². The van der Waals surface area contributed by atoms with Crippen molar-refractivity contribution in [2.75, 3.05) is 13.2 Å². The van der Waals surface area contributed by atoms with E-state index in [2.05, 4.69) is 22.4 Å². The molecule has 2 aromatic carbocycles. The van der Waals surface area contributed by atoms with Gasteiger partial charge in [-0.1, -0.05) is 66.2 Å². The van der Waals surface area contributed by atoms with Crippen LogP contribution in [0.25, 0.3) is 11.1 Å². The number of hydrogen-bond donors (Lipinski definition) is 3. The number of aliphatic hydroxyl groups is 2. The number of pyridine rings is 1. The molecule has 1 aliphatic carbocycles. The number of aromatic nitrogens is 1. The fraction of sp³-hybridized carbons (Fsp3) is 0.250. The Balaban J connectivity index is 1.35. The number of nitrogens with zero attached hydrogens (tertiary/aromatic N) is 1. The van der Waals surface area contributed by atoms with Crippen molar-refractivity contribution in [1.82, 2.24) is 10.3 Å². The van der Waals surface area contributed by atoms with Gasteiger partial charge in [0.15, 0.2) is 0 Å². The largest absolute Gasteiger partial charge is 0.449 e. The molecule has 31 heavy (non-hydrogen) atoms. The second-order valence-corrected chi connectivity index (χ2v) is 7.91. The number of carbonyl (C=O) groups excluding carboxylic acids is 1. The molecule has 2 unspecified atom stereocenters. The fourth-order valence-corrected chi connectivity index (χ4v) is 4.22. The minimum atomic E-state index is -1.28. The molecule has 0 fully saturated rings. The summed E-state index contributed by atoms with van der Waals surface area (Å²) in [4.78, 5) is 16.3. The van der Waals surface area contributed by atoms with Gasteiger partial charge in [-0.3, -0.25) is 0 Å². The van der Waals surface area contributed by atoms with Crippen molar-refractivity contribution in [1.29, 1.82) is 0 Å². The van der Waals surface area contributed by atoms with Crippen LogP contribution in [0.2, 0.25) is 5.15 Å². The Bertz CT molecular complexity index is 1060. The van der Waals surface area contributed by atoms with Gasteiger partial charge in [-0.25, -0.2) is 9.78 Å². The number of alkyl carbamates (subject to hydrolysis) is 1. The summed E-state index contributed by atoms with van der Waals surface area (Å²) in [5.74, 6) is -0.0499. The molecule has 3 aromatic rings. The standard InChI is InChI=1S/C24H23ClN2O4/c1-14-10-11-19(23(25)27-14)22(29)21(28)12-26-24(30)31-13-20-17-8-4-2-6-15(17)16-7-3-5-9-18(16)20/h2-11,20-22,28-29H,12-13H2,1H3,(H,26,30). The molecule has 2 atom stereocenters. The fourth-order valence-electron chi connectivity index (χ4n) is 3.91. The Kier molecular flexibility index (Phi) is 6.23. The van der Waals surface area contributed by atoms with Crippen LogP contribution in [-0.2, 0) is 4.74 Å². The van der Waals surface area contributed by atoms with Gasteiger partial charge in [0, 0.05) is 23.7 Å². The number of aliphatic hydroxyl groups excluding tert-OH is 2. The molecular weight excluding hydrogens is 416 g/mol. The van der Waals surface area contributed by atoms with Crippen LogP contribution in [0.15, 0.2) is 60.7 Å². The van der Waals surface area contributed by atoms with Crippen LogP contribution in [0.1, 0.15) is 34.4 Å². The van der Waals surface area contributed by atoms with E-state index in [9.17, 15) is 15.0 Å². The number of amides is 1. The van der Waals surface area contributed by atoms with E-state index in [0.29, 0.717) is 11.3 Å². The monoisotopic (exact) mass is 438 g/mol. The molecule has 0 bridgehead atoms. The smallest absolute Gasteiger partial charge is 0.407 e. The Morgan fingerprint density at radius 2 is 1.68 bits per heavy atom. The summed E-state index contributed by atoms with van der Waals surface area (Å²) in [5, 5.41) is 23.2. The summed E-state index contributed by atoms with van der Waals surface area (Å²) in [5.41, 5.74) is 5.53. The molecule has 1 aromatic heterocycles. The van der Waals surface area contributed by atoms with Crippen LogP contribution >= 0.6 is 11.6 Å². The third-order valence-corrected chi connectivity index (χ3v) is 5.80. The highest BCUT2D eigenvalue weighted by Gasteiger charge is 2.29. The molecule has 4 rings (SSSR count). The number of fused-ring (bicyclic) bond motifs is 3. The van der Waals surface area contributed by atoms with Crippen molar-refractivity contribution in [2.45, 2.75) is 25.0 Å². The lowest BCUT2D eigenvalue weighted by molar-refractivity contribution is 0.0184. The van der Waals surface area contributed by atoms with Gasteiger partial charge in [-0.15, -0.1) is 0 Å². The van der Waals surface area contributed by atoms with Gasteiger partial charge in [0.25, 0.3) is 0 Å². The number of rotatable bonds is 6. The summed E-state index contributed by atoms with van der Waals surface area (Å²) in [6.07, 6.45) is -3.21. The van der Waals surface area contributed by atoms with Gasteiger partial charge in [0.2, 0.25) is 0 Å². The van der Waals surface area contributed by atoms with Crippen molar-refractivity contribution in [3.05, 3.63) is 88.2 Å². The first kappa shape index (κ1) is 21.3. The second-order valence-electron chi connectivity index (χ2n) is 7.55. The maximum absolute atomic E-state index is 12.2. The molecular formula is C24H23ClN2O4. The highest BCUT2D eigenvalue weighted by molar-refractivity contribution is 6.30. The van der Waals surface area contributed by atoms with Gasteiger partial charge in [-0.2, -0.15) is 0 Å². The molecule has 1 amide bonds. The van der Waals surface area contributed by atoms with Crippen LogP contribution in [0.3, 0.4) is 0 Å². The van der Waals surface area contributed by atoms with E-state index in [0.717, 1.165) is 22.3 Å². The van der Waals surface area contributed by atoms with E-state index < -0.39 is 18.3 Å². The zero-order chi connectivity index (χ0) is 22.0. The third-order valence-electron chi connectivity index (χ3n) is 5.50. The molecule has 3 N–H and O–H groups in total. The number of nitrogens with one attached hydrogen (secondary N) is 1. The van der Waals surface area contributed by atoms with E-state index in [4.69, 9.17) is 16.3 Å². The van der Waals surface area contributed by atoms with Gasteiger partial charge in [0.05, 0.1) is 0 Å². The number of hydrogen-bond acceptors (Lipinski definition) is 5. The Morgan fingerprint density at radius 1 is 1.06 bits per heavy atom. The molecule has 1 heterocycles. The van der Waals surface area contributed by atoms with Crippen LogP contribution in [0.4, 0.5) is 4.79 Å². The number of benzene rings is 2. The number of halogens is 1. The SMILES string of the molecule is Cc1ccc(C(O)C(O)CNC(=O)OCC2c3ccccc3-c3ccccc32)c(Cl)n1. The van der Waals surface area contributed by atoms with Crippen LogP contribution in [0.5, 0.6) is 0 Å². The van der Waals surface area contributed by atoms with Gasteiger partial charge >= 0.3 is 6.09 Å². The molecule has 0 radical (unpaired) electrons. The van der Waals surface area contributed by atoms with Gasteiger partial charge in [0.1, 0.15) is 24.0 Å². The predicted molar refractivity (Wildman–Crippen MR) is 118 cm³/mol. The first-order valence-electron chi connectivity index (χ1n) is 10.0. The quantitative estimate of drug-likeness (QED) is 0.506. The van der Waals surface area contributed by atoms with Crippen LogP contribution < -0.4 is 5.32 Å². The minimum Gasteiger partial charge on any atom is -0.449 e. The Hall–Kier alpha value is -2.93. The molecule has 0 spiro atoms. The van der Waals surface area contributed by atoms with E-state index in [1.807, 2.05) is 36.4 Å². The summed E-state index contributed by atoms with van der Waals surface area (Å²) >= 11 is 6.04. The van der Waals surface area contributed by atoms with Crippen molar-refractivity contribution in [3.63, 3.8) is 0 Å². The van der Waals surface area contributed by atoms with Crippen molar-refractivity contribution in [2.24, 2.45) is 0 Å². The topological polar surface area (TPSA) is 91.7 Å². The molecule has 7 heteroatoms. The number of ether oxygens (including phenoxy) is 1. The summed E-state index contributed by atoms with van der Waals surface area (Å²) in [6, 6.07) is 19.4. The molecule has 1 aliphatic rings. The summed E-state index contributed by atoms with van der Waals surface area (Å²) in [6.45, 7) is 1.76. The van der Waals surface area contributed by atoms with Crippen molar-refractivity contribution in [3.8, 4) is 11.1 Å². The number of aryl methyl sites for hydroxylation is 1. The first-order valence-corrected chi connectivity index (χ1v) is 10.4.